The Labute approximate surface area is 122 Å². The van der Waals surface area contributed by atoms with Gasteiger partial charge in [-0.1, -0.05) is 31.8 Å². The number of hydrogen-bond donors (Lipinski definition) is 0. The Bertz CT molecular complexity index is 509. The summed E-state index contributed by atoms with van der Waals surface area (Å²) in [5.41, 5.74) is 2.72. The molecule has 1 atom stereocenters. The maximum Gasteiger partial charge on any atom is 0.158 e. The molecule has 0 aromatic heterocycles. The summed E-state index contributed by atoms with van der Waals surface area (Å²) in [6.07, 6.45) is 4.89. The van der Waals surface area contributed by atoms with E-state index in [9.17, 15) is 4.79 Å². The van der Waals surface area contributed by atoms with Crippen molar-refractivity contribution in [1.29, 1.82) is 0 Å². The van der Waals surface area contributed by atoms with Crippen molar-refractivity contribution in [2.24, 2.45) is 0 Å². The molecule has 1 unspecified atom stereocenters. The SMILES string of the molecule is COc1ccc(C=C2CCC([Si](C)(C)C)CC2=O)cc1. The van der Waals surface area contributed by atoms with Crippen molar-refractivity contribution in [1.82, 2.24) is 0 Å². The lowest BCUT2D eigenvalue weighted by molar-refractivity contribution is -0.116. The van der Waals surface area contributed by atoms with Crippen molar-refractivity contribution in [3.05, 3.63) is 35.4 Å². The van der Waals surface area contributed by atoms with Crippen molar-refractivity contribution >= 4 is 19.9 Å². The Morgan fingerprint density at radius 3 is 2.35 bits per heavy atom. The fourth-order valence-corrected chi connectivity index (χ4v) is 4.53. The van der Waals surface area contributed by atoms with Gasteiger partial charge < -0.3 is 4.74 Å². The van der Waals surface area contributed by atoms with Crippen LogP contribution in [0.1, 0.15) is 24.8 Å². The number of ketones is 1. The number of Topliss-reactive ketones (excluding diaryl/α,β-unsaturated/α-hetero) is 1. The molecule has 108 valence electrons. The minimum Gasteiger partial charge on any atom is -0.497 e. The van der Waals surface area contributed by atoms with Gasteiger partial charge in [0.25, 0.3) is 0 Å². The highest BCUT2D eigenvalue weighted by atomic mass is 28.3. The van der Waals surface area contributed by atoms with E-state index in [0.29, 0.717) is 11.3 Å². The van der Waals surface area contributed by atoms with Gasteiger partial charge in [-0.15, -0.1) is 0 Å². The highest BCUT2D eigenvalue weighted by Gasteiger charge is 2.32. The van der Waals surface area contributed by atoms with Gasteiger partial charge in [-0.25, -0.2) is 0 Å². The Hall–Kier alpha value is -1.35. The molecule has 1 fully saturated rings. The maximum absolute atomic E-state index is 12.3. The summed E-state index contributed by atoms with van der Waals surface area (Å²) in [5.74, 6) is 1.19. The fourth-order valence-electron chi connectivity index (χ4n) is 2.72. The second kappa shape index (κ2) is 5.96. The summed E-state index contributed by atoms with van der Waals surface area (Å²) in [6, 6.07) is 7.88. The predicted molar refractivity (Wildman–Crippen MR) is 86.9 cm³/mol. The lowest BCUT2D eigenvalue weighted by atomic mass is 9.91. The lowest BCUT2D eigenvalue weighted by Gasteiger charge is -2.32. The number of carbonyl (C=O) groups is 1. The molecule has 1 aromatic carbocycles. The number of rotatable bonds is 3. The molecule has 1 aliphatic carbocycles. The van der Waals surface area contributed by atoms with Crippen LogP contribution in [-0.4, -0.2) is 21.0 Å². The summed E-state index contributed by atoms with van der Waals surface area (Å²) < 4.78 is 5.15. The first kappa shape index (κ1) is 15.0. The van der Waals surface area contributed by atoms with Crippen molar-refractivity contribution in [3.63, 3.8) is 0 Å². The van der Waals surface area contributed by atoms with Crippen LogP contribution in [0.25, 0.3) is 6.08 Å². The Morgan fingerprint density at radius 1 is 1.20 bits per heavy atom. The molecule has 1 aliphatic rings. The monoisotopic (exact) mass is 288 g/mol. The van der Waals surface area contributed by atoms with E-state index < -0.39 is 8.07 Å². The molecule has 1 aromatic rings. The van der Waals surface area contributed by atoms with Crippen LogP contribution in [0, 0.1) is 0 Å². The quantitative estimate of drug-likeness (QED) is 0.603. The van der Waals surface area contributed by atoms with Gasteiger partial charge in [-0.2, -0.15) is 0 Å². The molecular weight excluding hydrogens is 264 g/mol. The van der Waals surface area contributed by atoms with E-state index in [4.69, 9.17) is 4.74 Å². The zero-order valence-electron chi connectivity index (χ0n) is 12.9. The van der Waals surface area contributed by atoms with Gasteiger partial charge in [0.05, 0.1) is 7.11 Å². The molecule has 0 saturated heterocycles. The van der Waals surface area contributed by atoms with Crippen LogP contribution in [0.15, 0.2) is 29.8 Å². The van der Waals surface area contributed by atoms with Crippen LogP contribution >= 0.6 is 0 Å². The lowest BCUT2D eigenvalue weighted by Crippen LogP contribution is -2.32. The Morgan fingerprint density at radius 2 is 1.85 bits per heavy atom. The molecule has 0 amide bonds. The van der Waals surface area contributed by atoms with E-state index in [1.54, 1.807) is 7.11 Å². The number of allylic oxidation sites excluding steroid dienone is 1. The highest BCUT2D eigenvalue weighted by molar-refractivity contribution is 6.77. The van der Waals surface area contributed by atoms with E-state index in [0.717, 1.165) is 29.7 Å². The zero-order valence-corrected chi connectivity index (χ0v) is 13.9. The van der Waals surface area contributed by atoms with Crippen molar-refractivity contribution < 1.29 is 9.53 Å². The summed E-state index contributed by atoms with van der Waals surface area (Å²) in [6.45, 7) is 7.09. The summed E-state index contributed by atoms with van der Waals surface area (Å²) in [5, 5.41) is 0. The molecule has 0 N–H and O–H groups in total. The van der Waals surface area contributed by atoms with E-state index in [1.165, 1.54) is 6.42 Å². The van der Waals surface area contributed by atoms with Gasteiger partial charge in [0.1, 0.15) is 5.75 Å². The molecular formula is C17H24O2Si. The summed E-state index contributed by atoms with van der Waals surface area (Å²) in [7, 11) is 0.465. The Balaban J connectivity index is 2.10. The molecule has 0 aliphatic heterocycles. The number of carbonyl (C=O) groups excluding carboxylic acids is 1. The topological polar surface area (TPSA) is 26.3 Å². The van der Waals surface area contributed by atoms with Crippen LogP contribution in [0.3, 0.4) is 0 Å². The predicted octanol–water partition coefficient (Wildman–Crippen LogP) is 4.54. The second-order valence-corrected chi connectivity index (χ2v) is 12.2. The normalized spacial score (nSPS) is 22.1. The minimum absolute atomic E-state index is 0.347. The van der Waals surface area contributed by atoms with E-state index >= 15 is 0 Å². The van der Waals surface area contributed by atoms with Gasteiger partial charge in [0.15, 0.2) is 5.78 Å². The first-order valence-electron chi connectivity index (χ1n) is 7.28. The number of methoxy groups -OCH3 is 1. The third kappa shape index (κ3) is 3.60. The molecule has 0 bridgehead atoms. The summed E-state index contributed by atoms with van der Waals surface area (Å²) in [4.78, 5) is 12.3. The highest BCUT2D eigenvalue weighted by Crippen LogP contribution is 2.37. The standard InChI is InChI=1S/C17H24O2Si/c1-19-15-8-5-13(6-9-15)11-14-7-10-16(12-17(14)18)20(2,3)4/h5-6,8-9,11,16H,7,10,12H2,1-4H3. The molecule has 0 radical (unpaired) electrons. The third-order valence-corrected chi connectivity index (χ3v) is 7.18. The second-order valence-electron chi connectivity index (χ2n) is 6.67. The van der Waals surface area contributed by atoms with Crippen molar-refractivity contribution in [3.8, 4) is 5.75 Å². The number of ether oxygens (including phenoxy) is 1. The van der Waals surface area contributed by atoms with Gasteiger partial charge in [0, 0.05) is 14.5 Å². The number of benzene rings is 1. The maximum atomic E-state index is 12.3. The van der Waals surface area contributed by atoms with Gasteiger partial charge in [0.2, 0.25) is 0 Å². The first-order valence-corrected chi connectivity index (χ1v) is 10.9. The van der Waals surface area contributed by atoms with Gasteiger partial charge >= 0.3 is 0 Å². The molecule has 3 heteroatoms. The molecule has 2 nitrogen and oxygen atoms in total. The fraction of sp³-hybridized carbons (Fsp3) is 0.471. The van der Waals surface area contributed by atoms with Crippen LogP contribution in [0.4, 0.5) is 0 Å². The van der Waals surface area contributed by atoms with E-state index in [2.05, 4.69) is 19.6 Å². The summed E-state index contributed by atoms with van der Waals surface area (Å²) >= 11 is 0. The van der Waals surface area contributed by atoms with Crippen molar-refractivity contribution in [2.45, 2.75) is 44.4 Å². The molecule has 2 rings (SSSR count). The largest absolute Gasteiger partial charge is 0.497 e. The molecule has 0 heterocycles. The average Bonchev–Trinajstić information content (AvgIpc) is 2.41. The van der Waals surface area contributed by atoms with Crippen LogP contribution in [-0.2, 0) is 4.79 Å². The zero-order chi connectivity index (χ0) is 14.8. The number of hydrogen-bond acceptors (Lipinski definition) is 2. The Kier molecular flexibility index (Phi) is 4.48. The van der Waals surface area contributed by atoms with Crippen LogP contribution < -0.4 is 4.74 Å². The van der Waals surface area contributed by atoms with Crippen LogP contribution in [0.5, 0.6) is 5.75 Å². The first-order chi connectivity index (χ1) is 9.40. The molecule has 20 heavy (non-hydrogen) atoms. The van der Waals surface area contributed by atoms with E-state index in [1.807, 2.05) is 30.3 Å². The van der Waals surface area contributed by atoms with Gasteiger partial charge in [-0.3, -0.25) is 4.79 Å². The minimum atomic E-state index is -1.20. The third-order valence-electron chi connectivity index (χ3n) is 4.23. The average molecular weight is 288 g/mol. The van der Waals surface area contributed by atoms with Crippen molar-refractivity contribution in [2.75, 3.05) is 7.11 Å². The molecule has 0 spiro atoms. The van der Waals surface area contributed by atoms with Gasteiger partial charge in [-0.05, 0) is 47.7 Å². The van der Waals surface area contributed by atoms with Crippen LogP contribution in [0.2, 0.25) is 25.2 Å². The molecule has 1 saturated carbocycles. The van der Waals surface area contributed by atoms with E-state index in [-0.39, 0.29) is 0 Å². The smallest absolute Gasteiger partial charge is 0.158 e.